The zero-order chi connectivity index (χ0) is 23.9. The molecule has 1 amide bonds. The number of hydrogen-bond donors (Lipinski definition) is 1. The summed E-state index contributed by atoms with van der Waals surface area (Å²) in [6.07, 6.45) is 9.03. The van der Waals surface area contributed by atoms with Crippen LogP contribution in [0, 0.1) is 0 Å². The maximum Gasteiger partial charge on any atom is 0.273 e. The van der Waals surface area contributed by atoms with Crippen molar-refractivity contribution in [1.82, 2.24) is 44.5 Å². The lowest BCUT2D eigenvalue weighted by atomic mass is 10.1. The van der Waals surface area contributed by atoms with E-state index in [9.17, 15) is 4.79 Å². The van der Waals surface area contributed by atoms with Gasteiger partial charge in [0.05, 0.1) is 23.6 Å². The number of imidazole rings is 1. The zero-order valence-electron chi connectivity index (χ0n) is 19.5. The van der Waals surface area contributed by atoms with Gasteiger partial charge in [-0.2, -0.15) is 5.10 Å². The highest BCUT2D eigenvalue weighted by Crippen LogP contribution is 2.25. The highest BCUT2D eigenvalue weighted by Gasteiger charge is 2.18. The Morgan fingerprint density at radius 2 is 1.88 bits per heavy atom. The van der Waals surface area contributed by atoms with E-state index in [-0.39, 0.29) is 11.4 Å². The Kier molecular flexibility index (Phi) is 5.20. The molecule has 0 aliphatic rings. The van der Waals surface area contributed by atoms with E-state index in [4.69, 9.17) is 4.98 Å². The molecule has 1 aromatic carbocycles. The lowest BCUT2D eigenvalue weighted by Crippen LogP contribution is -2.24. The normalized spacial score (nSPS) is 11.8. The number of aromatic nitrogens is 8. The minimum atomic E-state index is -0.259. The summed E-state index contributed by atoms with van der Waals surface area (Å²) in [5.41, 5.74) is 4.51. The molecular formula is C24H25N9O. The first-order chi connectivity index (χ1) is 16.3. The fraction of sp³-hybridized carbons (Fsp3) is 0.250. The topological polar surface area (TPSA) is 108 Å². The summed E-state index contributed by atoms with van der Waals surface area (Å²) >= 11 is 0. The van der Waals surface area contributed by atoms with Crippen molar-refractivity contribution < 1.29 is 4.79 Å². The molecule has 0 radical (unpaired) electrons. The van der Waals surface area contributed by atoms with Crippen molar-refractivity contribution in [3.63, 3.8) is 0 Å². The standard InChI is InChI=1S/C24H25N9O/c1-24(2,3)33-15-20(29-30-33)23(34)26-12-16-5-7-17(8-6-16)22-28-19(18-13-27-31(4)14-18)11-21-25-9-10-32(21)22/h5-11,13-15H,12H2,1-4H3,(H,26,34). The second kappa shape index (κ2) is 8.22. The van der Waals surface area contributed by atoms with Gasteiger partial charge in [0.1, 0.15) is 11.5 Å². The number of rotatable bonds is 5. The molecule has 10 heteroatoms. The first kappa shape index (κ1) is 21.5. The molecule has 0 saturated carbocycles. The van der Waals surface area contributed by atoms with E-state index < -0.39 is 0 Å². The molecule has 0 unspecified atom stereocenters. The van der Waals surface area contributed by atoms with Gasteiger partial charge in [-0.1, -0.05) is 29.5 Å². The van der Waals surface area contributed by atoms with E-state index in [0.717, 1.165) is 33.9 Å². The fourth-order valence-corrected chi connectivity index (χ4v) is 3.57. The van der Waals surface area contributed by atoms with Gasteiger partial charge in [0.2, 0.25) is 0 Å². The lowest BCUT2D eigenvalue weighted by molar-refractivity contribution is 0.0946. The number of amides is 1. The smallest absolute Gasteiger partial charge is 0.273 e. The van der Waals surface area contributed by atoms with Crippen molar-refractivity contribution in [2.24, 2.45) is 7.05 Å². The molecule has 4 heterocycles. The van der Waals surface area contributed by atoms with Gasteiger partial charge in [0.25, 0.3) is 5.91 Å². The van der Waals surface area contributed by atoms with E-state index in [1.807, 2.05) is 74.9 Å². The Labute approximate surface area is 196 Å². The van der Waals surface area contributed by atoms with E-state index in [1.54, 1.807) is 28.0 Å². The Bertz CT molecular complexity index is 1470. The number of nitrogens with one attached hydrogen (secondary N) is 1. The minimum absolute atomic E-state index is 0.232. The number of benzene rings is 1. The SMILES string of the molecule is Cn1cc(-c2cc3nccn3c(-c3ccc(CNC(=O)c4cn(C(C)(C)C)nn4)cc3)n2)cn1. The van der Waals surface area contributed by atoms with Crippen LogP contribution in [0.15, 0.2) is 61.3 Å². The van der Waals surface area contributed by atoms with Crippen LogP contribution in [0.2, 0.25) is 0 Å². The molecule has 5 rings (SSSR count). The van der Waals surface area contributed by atoms with E-state index >= 15 is 0 Å². The summed E-state index contributed by atoms with van der Waals surface area (Å²) in [6.45, 7) is 6.39. The molecule has 0 fully saturated rings. The quantitative estimate of drug-likeness (QED) is 0.436. The lowest BCUT2D eigenvalue weighted by Gasteiger charge is -2.17. The van der Waals surface area contributed by atoms with Crippen molar-refractivity contribution in [3.8, 4) is 22.6 Å². The molecule has 0 atom stereocenters. The average molecular weight is 456 g/mol. The summed E-state index contributed by atoms with van der Waals surface area (Å²) < 4.78 is 5.38. The molecule has 0 saturated heterocycles. The van der Waals surface area contributed by atoms with Gasteiger partial charge < -0.3 is 5.32 Å². The van der Waals surface area contributed by atoms with E-state index in [1.165, 1.54) is 0 Å². The third-order valence-electron chi connectivity index (χ3n) is 5.47. The number of carbonyl (C=O) groups excluding carboxylic acids is 1. The highest BCUT2D eigenvalue weighted by molar-refractivity contribution is 5.91. The largest absolute Gasteiger partial charge is 0.347 e. The van der Waals surface area contributed by atoms with Gasteiger partial charge in [-0.05, 0) is 26.3 Å². The maximum absolute atomic E-state index is 12.5. The van der Waals surface area contributed by atoms with Crippen molar-refractivity contribution in [1.29, 1.82) is 0 Å². The third kappa shape index (κ3) is 4.17. The molecular weight excluding hydrogens is 430 g/mol. The molecule has 0 aliphatic heterocycles. The van der Waals surface area contributed by atoms with Crippen molar-refractivity contribution >= 4 is 11.6 Å². The number of aryl methyl sites for hydroxylation is 1. The van der Waals surface area contributed by atoms with Crippen molar-refractivity contribution in [2.75, 3.05) is 0 Å². The van der Waals surface area contributed by atoms with Crippen LogP contribution in [-0.4, -0.2) is 45.1 Å². The fourth-order valence-electron chi connectivity index (χ4n) is 3.57. The summed E-state index contributed by atoms with van der Waals surface area (Å²) in [5.74, 6) is 0.522. The van der Waals surface area contributed by atoms with Crippen molar-refractivity contribution in [3.05, 3.63) is 72.6 Å². The van der Waals surface area contributed by atoms with Crippen molar-refractivity contribution in [2.45, 2.75) is 32.9 Å². The van der Waals surface area contributed by atoms with Crippen LogP contribution in [0.4, 0.5) is 0 Å². The van der Waals surface area contributed by atoms with Gasteiger partial charge in [-0.25, -0.2) is 14.6 Å². The predicted octanol–water partition coefficient (Wildman–Crippen LogP) is 3.07. The Morgan fingerprint density at radius 3 is 2.56 bits per heavy atom. The molecule has 1 N–H and O–H groups in total. The molecule has 0 spiro atoms. The second-order valence-corrected chi connectivity index (χ2v) is 9.12. The molecule has 10 nitrogen and oxygen atoms in total. The number of hydrogen-bond acceptors (Lipinski definition) is 6. The number of fused-ring (bicyclic) bond motifs is 1. The molecule has 0 aliphatic carbocycles. The van der Waals surface area contributed by atoms with Crippen LogP contribution in [0.3, 0.4) is 0 Å². The highest BCUT2D eigenvalue weighted by atomic mass is 16.2. The molecule has 4 aromatic heterocycles. The predicted molar refractivity (Wildman–Crippen MR) is 127 cm³/mol. The molecule has 0 bridgehead atoms. The van der Waals surface area contributed by atoms with Crippen LogP contribution in [-0.2, 0) is 19.1 Å². The average Bonchev–Trinajstić information content (AvgIpc) is 3.57. The number of carbonyl (C=O) groups is 1. The van der Waals surface area contributed by atoms with Gasteiger partial charge >= 0.3 is 0 Å². The third-order valence-corrected chi connectivity index (χ3v) is 5.47. The van der Waals surface area contributed by atoms with Crippen LogP contribution in [0.25, 0.3) is 28.3 Å². The molecule has 172 valence electrons. The van der Waals surface area contributed by atoms with Crippen LogP contribution in [0.1, 0.15) is 36.8 Å². The van der Waals surface area contributed by atoms with Gasteiger partial charge in [-0.15, -0.1) is 5.10 Å². The number of nitrogens with zero attached hydrogens (tertiary/aromatic N) is 8. The van der Waals surface area contributed by atoms with E-state index in [0.29, 0.717) is 12.2 Å². The van der Waals surface area contributed by atoms with Crippen LogP contribution >= 0.6 is 0 Å². The van der Waals surface area contributed by atoms with Crippen LogP contribution < -0.4 is 5.32 Å². The monoisotopic (exact) mass is 455 g/mol. The first-order valence-electron chi connectivity index (χ1n) is 10.9. The van der Waals surface area contributed by atoms with E-state index in [2.05, 4.69) is 25.7 Å². The van der Waals surface area contributed by atoms with Gasteiger partial charge in [0.15, 0.2) is 5.69 Å². The van der Waals surface area contributed by atoms with Gasteiger partial charge in [-0.3, -0.25) is 13.9 Å². The summed E-state index contributed by atoms with van der Waals surface area (Å²) in [7, 11) is 1.88. The zero-order valence-corrected chi connectivity index (χ0v) is 19.5. The summed E-state index contributed by atoms with van der Waals surface area (Å²) in [4.78, 5) is 21.8. The second-order valence-electron chi connectivity index (χ2n) is 9.12. The summed E-state index contributed by atoms with van der Waals surface area (Å²) in [5, 5.41) is 15.2. The Morgan fingerprint density at radius 1 is 1.09 bits per heavy atom. The Hall–Kier alpha value is -4.34. The summed E-state index contributed by atoms with van der Waals surface area (Å²) in [6, 6.07) is 9.88. The van der Waals surface area contributed by atoms with Crippen LogP contribution in [0.5, 0.6) is 0 Å². The molecule has 34 heavy (non-hydrogen) atoms. The molecule has 5 aromatic rings. The Balaban J connectivity index is 1.35. The maximum atomic E-state index is 12.5. The van der Waals surface area contributed by atoms with Gasteiger partial charge in [0, 0.05) is 49.4 Å². The minimum Gasteiger partial charge on any atom is -0.347 e. The first-order valence-corrected chi connectivity index (χ1v) is 10.9.